The Balaban J connectivity index is 0.000000110. The molecule has 0 bridgehead atoms. The predicted octanol–water partition coefficient (Wildman–Crippen LogP) is 1.75. The zero-order valence-electron chi connectivity index (χ0n) is 4.36. The highest BCUT2D eigenvalue weighted by molar-refractivity contribution is 9.09. The molecule has 0 unspecified atom stereocenters. The molecule has 42 valence electrons. The van der Waals surface area contributed by atoms with Crippen LogP contribution in [0.3, 0.4) is 0 Å². The van der Waals surface area contributed by atoms with E-state index in [0.29, 0.717) is 0 Å². The molecular formula is C5H9BrO. The van der Waals surface area contributed by atoms with Gasteiger partial charge >= 0.3 is 0 Å². The molecule has 0 aromatic heterocycles. The van der Waals surface area contributed by atoms with E-state index in [1.807, 2.05) is 0 Å². The Morgan fingerprint density at radius 2 is 1.86 bits per heavy atom. The van der Waals surface area contributed by atoms with E-state index in [1.54, 1.807) is 0 Å². The monoisotopic (exact) mass is 164 g/mol. The van der Waals surface area contributed by atoms with Gasteiger partial charge in [0.1, 0.15) is 6.29 Å². The Bertz CT molecular complexity index is 50.0. The average molecular weight is 165 g/mol. The van der Waals surface area contributed by atoms with Crippen molar-refractivity contribution in [3.63, 3.8) is 0 Å². The van der Waals surface area contributed by atoms with E-state index in [1.165, 1.54) is 19.8 Å². The lowest BCUT2D eigenvalue weighted by Crippen LogP contribution is -1.42. The van der Waals surface area contributed by atoms with E-state index in [0.717, 1.165) is 11.1 Å². The number of hydrogen-bond donors (Lipinski definition) is 0. The third-order valence-electron chi connectivity index (χ3n) is 0.507. The van der Waals surface area contributed by atoms with E-state index >= 15 is 0 Å². The highest BCUT2D eigenvalue weighted by atomic mass is 79.9. The van der Waals surface area contributed by atoms with Crippen molar-refractivity contribution in [1.29, 1.82) is 0 Å². The van der Waals surface area contributed by atoms with Gasteiger partial charge in [-0.2, -0.15) is 0 Å². The summed E-state index contributed by atoms with van der Waals surface area (Å²) in [4.78, 5) is 9.70. The van der Waals surface area contributed by atoms with Crippen molar-refractivity contribution in [3.8, 4) is 0 Å². The van der Waals surface area contributed by atoms with E-state index in [-0.39, 0.29) is 0 Å². The van der Waals surface area contributed by atoms with E-state index in [9.17, 15) is 0 Å². The minimum Gasteiger partial charge on any atom is -0.304 e. The van der Waals surface area contributed by atoms with Crippen molar-refractivity contribution >= 4 is 22.2 Å². The molecule has 0 saturated heterocycles. The summed E-state index contributed by atoms with van der Waals surface area (Å²) < 4.78 is 0. The molecule has 0 heterocycles. The van der Waals surface area contributed by atoms with Gasteiger partial charge in [-0.1, -0.05) is 15.9 Å². The summed E-state index contributed by atoms with van der Waals surface area (Å²) in [6.45, 7) is 1.44. The van der Waals surface area contributed by atoms with E-state index in [4.69, 9.17) is 4.79 Å². The number of aldehydes is 1. The van der Waals surface area contributed by atoms with Gasteiger partial charge in [0.15, 0.2) is 0 Å². The number of halogens is 1. The number of carbonyl (C=O) groups excluding carboxylic acids is 1. The summed E-state index contributed by atoms with van der Waals surface area (Å²) in [7, 11) is 0. The summed E-state index contributed by atoms with van der Waals surface area (Å²) in [5.41, 5.74) is 0. The van der Waals surface area contributed by atoms with Crippen LogP contribution in [0.15, 0.2) is 0 Å². The minimum absolute atomic E-state index is 0.750. The molecule has 0 spiro atoms. The molecule has 1 aliphatic rings. The summed E-state index contributed by atoms with van der Waals surface area (Å²) in [6.07, 6.45) is 3.56. The Morgan fingerprint density at radius 1 is 1.71 bits per heavy atom. The zero-order chi connectivity index (χ0) is 5.70. The lowest BCUT2D eigenvalue weighted by molar-refractivity contribution is -0.106. The molecule has 1 saturated carbocycles. The van der Waals surface area contributed by atoms with Gasteiger partial charge in [-0.25, -0.2) is 0 Å². The maximum atomic E-state index is 8.81. The van der Waals surface area contributed by atoms with Crippen LogP contribution in [0.5, 0.6) is 0 Å². The van der Waals surface area contributed by atoms with Gasteiger partial charge in [-0.15, -0.1) is 0 Å². The molecule has 0 atom stereocenters. The predicted molar refractivity (Wildman–Crippen MR) is 33.7 cm³/mol. The summed E-state index contributed by atoms with van der Waals surface area (Å²) in [6, 6.07) is 0. The zero-order valence-corrected chi connectivity index (χ0v) is 5.94. The second-order valence-electron chi connectivity index (χ2n) is 1.41. The van der Waals surface area contributed by atoms with Crippen LogP contribution in [-0.4, -0.2) is 11.1 Å². The number of alkyl halides is 1. The summed E-state index contributed by atoms with van der Waals surface area (Å²) >= 11 is 3.38. The third-order valence-corrected chi connectivity index (χ3v) is 1.42. The highest BCUT2D eigenvalue weighted by Crippen LogP contribution is 2.27. The molecule has 2 heteroatoms. The van der Waals surface area contributed by atoms with Crippen LogP contribution in [0, 0.1) is 0 Å². The fraction of sp³-hybridized carbons (Fsp3) is 0.800. The van der Waals surface area contributed by atoms with Gasteiger partial charge in [0.05, 0.1) is 0 Å². The number of carbonyl (C=O) groups is 1. The molecule has 0 amide bonds. The number of rotatable bonds is 0. The second-order valence-corrected chi connectivity index (χ2v) is 2.71. The van der Waals surface area contributed by atoms with Gasteiger partial charge in [0, 0.05) is 4.83 Å². The van der Waals surface area contributed by atoms with Crippen LogP contribution in [0.25, 0.3) is 0 Å². The van der Waals surface area contributed by atoms with Crippen LogP contribution >= 0.6 is 15.9 Å². The Kier molecular flexibility index (Phi) is 4.41. The maximum absolute atomic E-state index is 8.81. The molecule has 1 fully saturated rings. The van der Waals surface area contributed by atoms with Crippen LogP contribution in [0.1, 0.15) is 19.8 Å². The minimum atomic E-state index is 0.750. The molecule has 0 radical (unpaired) electrons. The van der Waals surface area contributed by atoms with Gasteiger partial charge < -0.3 is 4.79 Å². The lowest BCUT2D eigenvalue weighted by Gasteiger charge is -1.50. The molecule has 1 nitrogen and oxygen atoms in total. The smallest absolute Gasteiger partial charge is 0.116 e. The molecule has 1 aliphatic carbocycles. The van der Waals surface area contributed by atoms with Crippen LogP contribution in [0.4, 0.5) is 0 Å². The first-order valence-electron chi connectivity index (χ1n) is 2.35. The van der Waals surface area contributed by atoms with Crippen LogP contribution in [-0.2, 0) is 4.79 Å². The first-order valence-corrected chi connectivity index (χ1v) is 3.26. The Labute approximate surface area is 52.2 Å². The first kappa shape index (κ1) is 7.15. The third kappa shape index (κ3) is 10.7. The summed E-state index contributed by atoms with van der Waals surface area (Å²) in [5.74, 6) is 0. The molecular weight excluding hydrogens is 156 g/mol. The molecule has 0 aromatic carbocycles. The molecule has 7 heavy (non-hydrogen) atoms. The normalized spacial score (nSPS) is 16.9. The molecule has 0 aromatic rings. The van der Waals surface area contributed by atoms with E-state index in [2.05, 4.69) is 15.9 Å². The van der Waals surface area contributed by atoms with Gasteiger partial charge in [-0.3, -0.25) is 0 Å². The van der Waals surface area contributed by atoms with Crippen LogP contribution in [0.2, 0.25) is 0 Å². The SMILES string of the molecule is BrC1CC1.CC=O. The maximum Gasteiger partial charge on any atom is 0.116 e. The standard InChI is InChI=1S/C3H5Br.C2H4O/c4-3-1-2-3;1-2-3/h3H,1-2H2;2H,1H3. The van der Waals surface area contributed by atoms with Crippen molar-refractivity contribution in [2.45, 2.75) is 24.6 Å². The topological polar surface area (TPSA) is 17.1 Å². The van der Waals surface area contributed by atoms with Gasteiger partial charge in [0.2, 0.25) is 0 Å². The fourth-order valence-electron chi connectivity index (χ4n) is 0.0630. The Morgan fingerprint density at radius 3 is 1.86 bits per heavy atom. The van der Waals surface area contributed by atoms with Crippen LogP contribution < -0.4 is 0 Å². The average Bonchev–Trinajstić information content (AvgIpc) is 2.25. The lowest BCUT2D eigenvalue weighted by atomic mass is 11.0. The quantitative estimate of drug-likeness (QED) is 0.394. The molecule has 0 aliphatic heterocycles. The Hall–Kier alpha value is 0.150. The van der Waals surface area contributed by atoms with Gasteiger partial charge in [0.25, 0.3) is 0 Å². The van der Waals surface area contributed by atoms with Crippen molar-refractivity contribution in [2.75, 3.05) is 0 Å². The van der Waals surface area contributed by atoms with E-state index < -0.39 is 0 Å². The molecule has 0 N–H and O–H groups in total. The van der Waals surface area contributed by atoms with Crippen molar-refractivity contribution in [2.24, 2.45) is 0 Å². The second kappa shape index (κ2) is 4.31. The summed E-state index contributed by atoms with van der Waals surface area (Å²) in [5, 5.41) is 0. The van der Waals surface area contributed by atoms with Crippen molar-refractivity contribution in [1.82, 2.24) is 0 Å². The molecule has 1 rings (SSSR count). The first-order chi connectivity index (χ1) is 3.31. The largest absolute Gasteiger partial charge is 0.304 e. The van der Waals surface area contributed by atoms with Gasteiger partial charge in [-0.05, 0) is 19.8 Å². The number of hydrogen-bond acceptors (Lipinski definition) is 1. The van der Waals surface area contributed by atoms with Crippen molar-refractivity contribution < 1.29 is 4.79 Å². The highest BCUT2D eigenvalue weighted by Gasteiger charge is 2.15. The van der Waals surface area contributed by atoms with Crippen molar-refractivity contribution in [3.05, 3.63) is 0 Å². The fourth-order valence-corrected chi connectivity index (χ4v) is 0.327.